The largest absolute Gasteiger partial charge is 0.377 e. The van der Waals surface area contributed by atoms with E-state index in [1.807, 2.05) is 24.3 Å². The summed E-state index contributed by atoms with van der Waals surface area (Å²) in [6.07, 6.45) is 4.30. The second-order valence-corrected chi connectivity index (χ2v) is 6.44. The van der Waals surface area contributed by atoms with Crippen molar-refractivity contribution in [2.45, 2.75) is 38.7 Å². The summed E-state index contributed by atoms with van der Waals surface area (Å²) in [5.74, 6) is 0.207. The van der Waals surface area contributed by atoms with Gasteiger partial charge in [0, 0.05) is 36.2 Å². The lowest BCUT2D eigenvalue weighted by Crippen LogP contribution is -2.40. The van der Waals surface area contributed by atoms with Crippen molar-refractivity contribution in [2.75, 3.05) is 26.2 Å². The van der Waals surface area contributed by atoms with Crippen molar-refractivity contribution < 1.29 is 9.53 Å². The highest BCUT2D eigenvalue weighted by Gasteiger charge is 2.21. The Morgan fingerprint density at radius 2 is 2.24 bits per heavy atom. The summed E-state index contributed by atoms with van der Waals surface area (Å²) in [5, 5.41) is 0. The Kier molecular flexibility index (Phi) is 6.87. The lowest BCUT2D eigenvalue weighted by molar-refractivity contribution is -0.0000211. The summed E-state index contributed by atoms with van der Waals surface area (Å²) in [7, 11) is 0. The Morgan fingerprint density at radius 1 is 1.43 bits per heavy atom. The number of Topliss-reactive ketones (excluding diaryl/α,β-unsaturated/α-hetero) is 1. The van der Waals surface area contributed by atoms with E-state index in [1.54, 1.807) is 0 Å². The minimum Gasteiger partial charge on any atom is -0.377 e. The van der Waals surface area contributed by atoms with Crippen LogP contribution in [0, 0.1) is 0 Å². The highest BCUT2D eigenvalue weighted by atomic mass is 79.9. The molecule has 0 radical (unpaired) electrons. The summed E-state index contributed by atoms with van der Waals surface area (Å²) in [6.45, 7) is 5.84. The van der Waals surface area contributed by atoms with Gasteiger partial charge >= 0.3 is 0 Å². The average Bonchev–Trinajstić information content (AvgIpc) is 2.51. The van der Waals surface area contributed by atoms with Crippen molar-refractivity contribution in [1.82, 2.24) is 4.90 Å². The van der Waals surface area contributed by atoms with E-state index < -0.39 is 0 Å². The van der Waals surface area contributed by atoms with E-state index in [2.05, 4.69) is 27.8 Å². The Bertz CT molecular complexity index is 464. The smallest absolute Gasteiger partial charge is 0.165 e. The topological polar surface area (TPSA) is 29.5 Å². The summed E-state index contributed by atoms with van der Waals surface area (Å²) in [5.41, 5.74) is 0.785. The van der Waals surface area contributed by atoms with Gasteiger partial charge in [0.2, 0.25) is 0 Å². The van der Waals surface area contributed by atoms with Gasteiger partial charge in [0.1, 0.15) is 0 Å². The third kappa shape index (κ3) is 5.20. The first-order chi connectivity index (χ1) is 10.2. The summed E-state index contributed by atoms with van der Waals surface area (Å²) < 4.78 is 6.73. The van der Waals surface area contributed by atoms with Gasteiger partial charge in [0.25, 0.3) is 0 Å². The zero-order chi connectivity index (χ0) is 15.1. The Hall–Kier alpha value is -0.710. The molecule has 1 aromatic rings. The summed E-state index contributed by atoms with van der Waals surface area (Å²) in [4.78, 5) is 14.6. The highest BCUT2D eigenvalue weighted by molar-refractivity contribution is 9.10. The Labute approximate surface area is 135 Å². The Morgan fingerprint density at radius 3 is 3.00 bits per heavy atom. The molecule has 4 heteroatoms. The lowest BCUT2D eigenvalue weighted by atomic mass is 10.1. The maximum atomic E-state index is 12.3. The second-order valence-electron chi connectivity index (χ2n) is 5.59. The predicted octanol–water partition coefficient (Wildman–Crippen LogP) is 3.91. The summed E-state index contributed by atoms with van der Waals surface area (Å²) in [6, 6.07) is 7.65. The number of carbonyl (C=O) groups excluding carboxylic acids is 1. The van der Waals surface area contributed by atoms with E-state index in [0.29, 0.717) is 12.5 Å². The van der Waals surface area contributed by atoms with E-state index in [1.165, 1.54) is 0 Å². The molecule has 0 N–H and O–H groups in total. The molecule has 1 fully saturated rings. The third-order valence-electron chi connectivity index (χ3n) is 3.85. The first-order valence-corrected chi connectivity index (χ1v) is 8.61. The van der Waals surface area contributed by atoms with Crippen molar-refractivity contribution in [1.29, 1.82) is 0 Å². The molecule has 0 aliphatic carbocycles. The van der Waals surface area contributed by atoms with E-state index in [4.69, 9.17) is 4.74 Å². The van der Waals surface area contributed by atoms with Crippen LogP contribution in [0.15, 0.2) is 28.7 Å². The molecule has 0 amide bonds. The second kappa shape index (κ2) is 8.66. The maximum Gasteiger partial charge on any atom is 0.165 e. The molecule has 0 saturated carbocycles. The Balaban J connectivity index is 1.80. The van der Waals surface area contributed by atoms with Crippen LogP contribution in [0.25, 0.3) is 0 Å². The monoisotopic (exact) mass is 353 g/mol. The van der Waals surface area contributed by atoms with Gasteiger partial charge in [-0.2, -0.15) is 0 Å². The van der Waals surface area contributed by atoms with Crippen molar-refractivity contribution in [3.63, 3.8) is 0 Å². The first kappa shape index (κ1) is 16.7. The van der Waals surface area contributed by atoms with Gasteiger partial charge in [-0.3, -0.25) is 4.79 Å². The molecule has 1 unspecified atom stereocenters. The third-order valence-corrected chi connectivity index (χ3v) is 4.54. The minimum atomic E-state index is 0.207. The maximum absolute atomic E-state index is 12.3. The standard InChI is InChI=1S/C17H24BrNO2/c1-2-12-21-14-6-5-10-19(13-14)11-9-17(20)15-7-3-4-8-16(15)18/h3-4,7-8,14H,2,5-6,9-13H2,1H3. The van der Waals surface area contributed by atoms with Crippen molar-refractivity contribution in [3.8, 4) is 0 Å². The molecule has 0 bridgehead atoms. The molecule has 1 saturated heterocycles. The normalized spacial score (nSPS) is 19.6. The molecule has 0 spiro atoms. The van der Waals surface area contributed by atoms with Gasteiger partial charge in [-0.25, -0.2) is 0 Å². The van der Waals surface area contributed by atoms with Gasteiger partial charge in [0.15, 0.2) is 5.78 Å². The fraction of sp³-hybridized carbons (Fsp3) is 0.588. The quantitative estimate of drug-likeness (QED) is 0.696. The number of rotatable bonds is 7. The minimum absolute atomic E-state index is 0.207. The van der Waals surface area contributed by atoms with Crippen molar-refractivity contribution >= 4 is 21.7 Å². The number of carbonyl (C=O) groups is 1. The number of benzene rings is 1. The molecular weight excluding hydrogens is 330 g/mol. The number of halogens is 1. The van der Waals surface area contributed by atoms with Crippen LogP contribution in [0.2, 0.25) is 0 Å². The number of hydrogen-bond acceptors (Lipinski definition) is 3. The number of ketones is 1. The molecule has 1 aromatic carbocycles. The van der Waals surface area contributed by atoms with Crippen LogP contribution in [0.5, 0.6) is 0 Å². The average molecular weight is 354 g/mol. The predicted molar refractivity (Wildman–Crippen MR) is 88.8 cm³/mol. The molecule has 1 atom stereocenters. The molecule has 1 aliphatic rings. The van der Waals surface area contributed by atoms with Crippen molar-refractivity contribution in [3.05, 3.63) is 34.3 Å². The molecular formula is C17H24BrNO2. The SMILES string of the molecule is CCCOC1CCCN(CCC(=O)c2ccccc2Br)C1. The molecule has 2 rings (SSSR count). The fourth-order valence-corrected chi connectivity index (χ4v) is 3.22. The lowest BCUT2D eigenvalue weighted by Gasteiger charge is -2.32. The van der Waals surface area contributed by atoms with Crippen LogP contribution in [-0.4, -0.2) is 43.0 Å². The van der Waals surface area contributed by atoms with Crippen LogP contribution in [0.4, 0.5) is 0 Å². The van der Waals surface area contributed by atoms with E-state index in [0.717, 1.165) is 55.5 Å². The first-order valence-electron chi connectivity index (χ1n) is 7.82. The van der Waals surface area contributed by atoms with E-state index in [9.17, 15) is 4.79 Å². The number of hydrogen-bond donors (Lipinski definition) is 0. The fourth-order valence-electron chi connectivity index (χ4n) is 2.72. The van der Waals surface area contributed by atoms with E-state index >= 15 is 0 Å². The number of piperidine rings is 1. The van der Waals surface area contributed by atoms with Crippen LogP contribution in [0.1, 0.15) is 43.0 Å². The molecule has 1 heterocycles. The number of likely N-dealkylation sites (tertiary alicyclic amines) is 1. The number of ether oxygens (including phenoxy) is 1. The number of nitrogens with zero attached hydrogens (tertiary/aromatic N) is 1. The van der Waals surface area contributed by atoms with Crippen LogP contribution in [0.3, 0.4) is 0 Å². The van der Waals surface area contributed by atoms with Gasteiger partial charge in [-0.15, -0.1) is 0 Å². The van der Waals surface area contributed by atoms with Gasteiger partial charge in [0.05, 0.1) is 6.10 Å². The molecule has 3 nitrogen and oxygen atoms in total. The van der Waals surface area contributed by atoms with E-state index in [-0.39, 0.29) is 5.78 Å². The molecule has 116 valence electrons. The zero-order valence-electron chi connectivity index (χ0n) is 12.7. The molecule has 0 aromatic heterocycles. The van der Waals surface area contributed by atoms with Crippen molar-refractivity contribution in [2.24, 2.45) is 0 Å². The summed E-state index contributed by atoms with van der Waals surface area (Å²) >= 11 is 3.45. The van der Waals surface area contributed by atoms with Crippen LogP contribution in [-0.2, 0) is 4.74 Å². The molecule has 21 heavy (non-hydrogen) atoms. The van der Waals surface area contributed by atoms with Crippen LogP contribution < -0.4 is 0 Å². The van der Waals surface area contributed by atoms with Gasteiger partial charge in [-0.1, -0.05) is 41.1 Å². The molecule has 1 aliphatic heterocycles. The van der Waals surface area contributed by atoms with Crippen LogP contribution >= 0.6 is 15.9 Å². The highest BCUT2D eigenvalue weighted by Crippen LogP contribution is 2.19. The van der Waals surface area contributed by atoms with Gasteiger partial charge < -0.3 is 9.64 Å². The van der Waals surface area contributed by atoms with Gasteiger partial charge in [-0.05, 0) is 31.9 Å². The zero-order valence-corrected chi connectivity index (χ0v) is 14.3.